The summed E-state index contributed by atoms with van der Waals surface area (Å²) < 4.78 is 0. The second-order valence-electron chi connectivity index (χ2n) is 7.94. The standard InChI is InChI=1S/C19H25ClN8O/c20-14-11(1-4-25-17(14)23)15(22)16-18(24)27-13(9-26-16)28-5-2-19(3-6-28)8-10(29)7-12(19)21/h1,4,9-10,12,22,29H,2-3,5-8,21H2,(H2,23,25)(H2,24,27)/t10-,12-/m1/s1. The number of anilines is 3. The number of aromatic nitrogens is 3. The van der Waals surface area contributed by atoms with Gasteiger partial charge < -0.3 is 27.2 Å². The van der Waals surface area contributed by atoms with Crippen LogP contribution < -0.4 is 22.1 Å². The van der Waals surface area contributed by atoms with Gasteiger partial charge in [-0.2, -0.15) is 0 Å². The van der Waals surface area contributed by atoms with Crippen molar-refractivity contribution in [3.05, 3.63) is 34.7 Å². The van der Waals surface area contributed by atoms with Crippen LogP contribution in [0.1, 0.15) is 36.9 Å². The Morgan fingerprint density at radius 1 is 1.24 bits per heavy atom. The molecule has 1 aliphatic heterocycles. The van der Waals surface area contributed by atoms with Crippen LogP contribution in [0.5, 0.6) is 0 Å². The van der Waals surface area contributed by atoms with Gasteiger partial charge in [-0.3, -0.25) is 5.41 Å². The maximum atomic E-state index is 9.98. The maximum Gasteiger partial charge on any atom is 0.154 e. The predicted molar refractivity (Wildman–Crippen MR) is 113 cm³/mol. The quantitative estimate of drug-likeness (QED) is 0.465. The van der Waals surface area contributed by atoms with Gasteiger partial charge in [0.2, 0.25) is 0 Å². The van der Waals surface area contributed by atoms with Gasteiger partial charge in [0.05, 0.1) is 23.0 Å². The molecule has 8 N–H and O–H groups in total. The molecule has 2 aliphatic rings. The summed E-state index contributed by atoms with van der Waals surface area (Å²) in [6.07, 6.45) is 6.04. The maximum absolute atomic E-state index is 9.98. The summed E-state index contributed by atoms with van der Waals surface area (Å²) >= 11 is 6.17. The predicted octanol–water partition coefficient (Wildman–Crippen LogP) is 1.17. The highest BCUT2D eigenvalue weighted by molar-refractivity contribution is 6.37. The Morgan fingerprint density at radius 2 is 1.97 bits per heavy atom. The van der Waals surface area contributed by atoms with E-state index in [9.17, 15) is 5.11 Å². The average molecular weight is 417 g/mol. The van der Waals surface area contributed by atoms with E-state index < -0.39 is 0 Å². The van der Waals surface area contributed by atoms with Gasteiger partial charge in [0, 0.05) is 30.9 Å². The Labute approximate surface area is 173 Å². The topological polar surface area (TPSA) is 164 Å². The van der Waals surface area contributed by atoms with Crippen LogP contribution in [0.25, 0.3) is 0 Å². The fourth-order valence-electron chi connectivity index (χ4n) is 4.52. The molecule has 2 fully saturated rings. The largest absolute Gasteiger partial charge is 0.393 e. The Hall–Kier alpha value is -2.49. The Bertz CT molecular complexity index is 944. The van der Waals surface area contributed by atoms with Crippen molar-refractivity contribution >= 4 is 34.8 Å². The third-order valence-corrected chi connectivity index (χ3v) is 6.64. The minimum absolute atomic E-state index is 0.00891. The monoisotopic (exact) mass is 416 g/mol. The summed E-state index contributed by atoms with van der Waals surface area (Å²) in [5, 5.41) is 18.6. The van der Waals surface area contributed by atoms with Gasteiger partial charge in [-0.1, -0.05) is 11.6 Å². The van der Waals surface area contributed by atoms with Crippen LogP contribution in [-0.4, -0.2) is 51.0 Å². The lowest BCUT2D eigenvalue weighted by Gasteiger charge is -2.42. The molecule has 1 spiro atoms. The smallest absolute Gasteiger partial charge is 0.154 e. The molecule has 1 aliphatic carbocycles. The molecule has 0 amide bonds. The van der Waals surface area contributed by atoms with Crippen molar-refractivity contribution in [2.45, 2.75) is 37.8 Å². The fourth-order valence-corrected chi connectivity index (χ4v) is 4.73. The molecule has 0 aromatic carbocycles. The molecule has 3 heterocycles. The van der Waals surface area contributed by atoms with Gasteiger partial charge >= 0.3 is 0 Å². The Morgan fingerprint density at radius 3 is 2.59 bits per heavy atom. The lowest BCUT2D eigenvalue weighted by molar-refractivity contribution is 0.141. The molecule has 154 valence electrons. The molecule has 1 saturated heterocycles. The Balaban J connectivity index is 1.51. The van der Waals surface area contributed by atoms with Crippen molar-refractivity contribution in [2.24, 2.45) is 11.1 Å². The fraction of sp³-hybridized carbons (Fsp3) is 0.474. The molecule has 2 atom stereocenters. The van der Waals surface area contributed by atoms with Crippen molar-refractivity contribution in [2.75, 3.05) is 29.5 Å². The SMILES string of the molecule is N=C(c1ccnc(N)c1Cl)c1ncc(N2CCC3(CC2)C[C@H](O)C[C@H]3N)nc1N. The van der Waals surface area contributed by atoms with E-state index in [0.717, 1.165) is 32.4 Å². The second kappa shape index (κ2) is 7.40. The zero-order chi connectivity index (χ0) is 20.8. The second-order valence-corrected chi connectivity index (χ2v) is 8.32. The number of nitrogens with one attached hydrogen (secondary N) is 1. The Kier molecular flexibility index (Phi) is 5.05. The molecule has 4 rings (SSSR count). The van der Waals surface area contributed by atoms with E-state index >= 15 is 0 Å². The lowest BCUT2D eigenvalue weighted by Crippen LogP contribution is -2.47. The van der Waals surface area contributed by atoms with E-state index in [4.69, 9.17) is 34.2 Å². The van der Waals surface area contributed by atoms with Crippen LogP contribution in [0.4, 0.5) is 17.5 Å². The molecule has 0 unspecified atom stereocenters. The van der Waals surface area contributed by atoms with Crippen molar-refractivity contribution in [1.82, 2.24) is 15.0 Å². The molecule has 9 nitrogen and oxygen atoms in total. The van der Waals surface area contributed by atoms with Crippen molar-refractivity contribution in [1.29, 1.82) is 5.41 Å². The van der Waals surface area contributed by atoms with E-state index in [1.807, 2.05) is 0 Å². The third kappa shape index (κ3) is 3.50. The number of piperidine rings is 1. The summed E-state index contributed by atoms with van der Waals surface area (Å²) in [4.78, 5) is 14.9. The molecule has 0 radical (unpaired) electrons. The number of hydrogen-bond donors (Lipinski definition) is 5. The number of hydrogen-bond acceptors (Lipinski definition) is 9. The lowest BCUT2D eigenvalue weighted by atomic mass is 9.74. The van der Waals surface area contributed by atoms with Crippen LogP contribution in [0.2, 0.25) is 5.02 Å². The van der Waals surface area contributed by atoms with Gasteiger partial charge in [-0.15, -0.1) is 0 Å². The molecule has 1 saturated carbocycles. The molecule has 2 aromatic rings. The molecule has 10 heteroatoms. The van der Waals surface area contributed by atoms with Crippen LogP contribution in [0, 0.1) is 10.8 Å². The number of pyridine rings is 1. The minimum atomic E-state index is -0.300. The van der Waals surface area contributed by atoms with E-state index in [1.54, 1.807) is 12.3 Å². The van der Waals surface area contributed by atoms with Crippen molar-refractivity contribution < 1.29 is 5.11 Å². The zero-order valence-electron chi connectivity index (χ0n) is 16.0. The van der Waals surface area contributed by atoms with E-state index in [-0.39, 0.29) is 45.6 Å². The highest BCUT2D eigenvalue weighted by Gasteiger charge is 2.46. The number of nitrogens with two attached hydrogens (primary N) is 3. The van der Waals surface area contributed by atoms with Crippen LogP contribution >= 0.6 is 11.6 Å². The molecular weight excluding hydrogens is 392 g/mol. The molecular formula is C19H25ClN8O. The highest BCUT2D eigenvalue weighted by atomic mass is 35.5. The first-order chi connectivity index (χ1) is 13.8. The summed E-state index contributed by atoms with van der Waals surface area (Å²) in [7, 11) is 0. The van der Waals surface area contributed by atoms with E-state index in [2.05, 4.69) is 19.9 Å². The normalized spacial score (nSPS) is 23.5. The van der Waals surface area contributed by atoms with Gasteiger partial charge in [-0.25, -0.2) is 15.0 Å². The third-order valence-electron chi connectivity index (χ3n) is 6.25. The first kappa shape index (κ1) is 19.8. The summed E-state index contributed by atoms with van der Waals surface area (Å²) in [6.45, 7) is 1.55. The average Bonchev–Trinajstić information content (AvgIpc) is 2.96. The van der Waals surface area contributed by atoms with E-state index in [1.165, 1.54) is 6.20 Å². The van der Waals surface area contributed by atoms with Crippen molar-refractivity contribution in [3.63, 3.8) is 0 Å². The first-order valence-corrected chi connectivity index (χ1v) is 9.99. The molecule has 29 heavy (non-hydrogen) atoms. The number of aliphatic hydroxyl groups excluding tert-OH is 1. The van der Waals surface area contributed by atoms with Gasteiger partial charge in [0.1, 0.15) is 17.3 Å². The van der Waals surface area contributed by atoms with Crippen LogP contribution in [0.3, 0.4) is 0 Å². The summed E-state index contributed by atoms with van der Waals surface area (Å²) in [5.41, 5.74) is 18.9. The van der Waals surface area contributed by atoms with Crippen LogP contribution in [-0.2, 0) is 0 Å². The number of nitrogens with zero attached hydrogens (tertiary/aromatic N) is 4. The van der Waals surface area contributed by atoms with Gasteiger partial charge in [0.15, 0.2) is 5.82 Å². The molecule has 0 bridgehead atoms. The van der Waals surface area contributed by atoms with Gasteiger partial charge in [0.25, 0.3) is 0 Å². The number of rotatable bonds is 3. The summed E-state index contributed by atoms with van der Waals surface area (Å²) in [5.74, 6) is 0.975. The van der Waals surface area contributed by atoms with Gasteiger partial charge in [-0.05, 0) is 37.2 Å². The number of nitrogen functional groups attached to an aromatic ring is 2. The molecule has 2 aromatic heterocycles. The number of aliphatic hydroxyl groups is 1. The minimum Gasteiger partial charge on any atom is -0.393 e. The van der Waals surface area contributed by atoms with E-state index in [0.29, 0.717) is 17.8 Å². The summed E-state index contributed by atoms with van der Waals surface area (Å²) in [6, 6.07) is 1.63. The number of halogens is 1. The highest BCUT2D eigenvalue weighted by Crippen LogP contribution is 2.46. The van der Waals surface area contributed by atoms with Crippen LogP contribution in [0.15, 0.2) is 18.5 Å². The zero-order valence-corrected chi connectivity index (χ0v) is 16.7. The first-order valence-electron chi connectivity index (χ1n) is 9.61. The van der Waals surface area contributed by atoms with Crippen molar-refractivity contribution in [3.8, 4) is 0 Å².